The predicted molar refractivity (Wildman–Crippen MR) is 47.6 cm³/mol. The minimum Gasteiger partial charge on any atom is -0.394 e. The van der Waals surface area contributed by atoms with E-state index in [0.717, 1.165) is 0 Å². The lowest BCUT2D eigenvalue weighted by Gasteiger charge is -2.22. The fourth-order valence-corrected chi connectivity index (χ4v) is 0.798. The zero-order chi connectivity index (χ0) is 9.56. The van der Waals surface area contributed by atoms with Crippen molar-refractivity contribution in [1.29, 1.82) is 0 Å². The summed E-state index contributed by atoms with van der Waals surface area (Å²) < 4.78 is 0. The Kier molecular flexibility index (Phi) is 5.66. The highest BCUT2D eigenvalue weighted by Crippen LogP contribution is 1.99. The van der Waals surface area contributed by atoms with E-state index in [1.54, 1.807) is 18.9 Å². The minimum absolute atomic E-state index is 0.00483. The van der Waals surface area contributed by atoms with Crippen LogP contribution in [0.15, 0.2) is 0 Å². The molecule has 12 heavy (non-hydrogen) atoms. The molecule has 0 aliphatic rings. The monoisotopic (exact) mass is 174 g/mol. The largest absolute Gasteiger partial charge is 0.394 e. The highest BCUT2D eigenvalue weighted by Gasteiger charge is 2.13. The molecule has 1 unspecified atom stereocenters. The summed E-state index contributed by atoms with van der Waals surface area (Å²) in [6.45, 7) is 2.35. The first-order chi connectivity index (χ1) is 5.63. The molecule has 0 aliphatic carbocycles. The van der Waals surface area contributed by atoms with Gasteiger partial charge in [-0.1, -0.05) is 0 Å². The first-order valence-electron chi connectivity index (χ1n) is 4.20. The lowest BCUT2D eigenvalue weighted by molar-refractivity contribution is -0.132. The van der Waals surface area contributed by atoms with Crippen LogP contribution in [0.5, 0.6) is 0 Å². The Hall–Kier alpha value is -0.610. The molecular weight excluding hydrogens is 156 g/mol. The molecule has 0 bridgehead atoms. The van der Waals surface area contributed by atoms with Crippen molar-refractivity contribution in [2.24, 2.45) is 5.73 Å². The quantitative estimate of drug-likeness (QED) is 0.594. The van der Waals surface area contributed by atoms with Crippen molar-refractivity contribution in [1.82, 2.24) is 4.90 Å². The van der Waals surface area contributed by atoms with Gasteiger partial charge in [0.2, 0.25) is 5.91 Å². The molecule has 4 nitrogen and oxygen atoms in total. The summed E-state index contributed by atoms with van der Waals surface area (Å²) >= 11 is 0. The van der Waals surface area contributed by atoms with Crippen LogP contribution < -0.4 is 5.73 Å². The molecule has 0 aromatic carbocycles. The van der Waals surface area contributed by atoms with Gasteiger partial charge in [0.1, 0.15) is 0 Å². The SMILES string of the molecule is CC(CO)N(C)C(=O)CCCN. The van der Waals surface area contributed by atoms with Crippen LogP contribution in [0, 0.1) is 0 Å². The van der Waals surface area contributed by atoms with Gasteiger partial charge in [0.15, 0.2) is 0 Å². The van der Waals surface area contributed by atoms with Crippen LogP contribution in [0.25, 0.3) is 0 Å². The zero-order valence-corrected chi connectivity index (χ0v) is 7.79. The number of aliphatic hydroxyl groups excluding tert-OH is 1. The summed E-state index contributed by atoms with van der Waals surface area (Å²) in [7, 11) is 1.69. The third kappa shape index (κ3) is 3.69. The second kappa shape index (κ2) is 5.97. The first-order valence-corrected chi connectivity index (χ1v) is 4.20. The maximum atomic E-state index is 11.3. The molecule has 0 saturated heterocycles. The average molecular weight is 174 g/mol. The number of hydrogen-bond acceptors (Lipinski definition) is 3. The van der Waals surface area contributed by atoms with Crippen LogP contribution in [-0.4, -0.2) is 42.2 Å². The van der Waals surface area contributed by atoms with Gasteiger partial charge >= 0.3 is 0 Å². The highest BCUT2D eigenvalue weighted by molar-refractivity contribution is 5.76. The van der Waals surface area contributed by atoms with E-state index in [2.05, 4.69) is 0 Å². The van der Waals surface area contributed by atoms with Crippen molar-refractivity contribution in [2.75, 3.05) is 20.2 Å². The minimum atomic E-state index is -0.102. The van der Waals surface area contributed by atoms with Gasteiger partial charge in [0.05, 0.1) is 12.6 Å². The van der Waals surface area contributed by atoms with Gasteiger partial charge in [-0.3, -0.25) is 4.79 Å². The van der Waals surface area contributed by atoms with Gasteiger partial charge in [-0.05, 0) is 19.9 Å². The van der Waals surface area contributed by atoms with Gasteiger partial charge in [-0.15, -0.1) is 0 Å². The van der Waals surface area contributed by atoms with E-state index in [9.17, 15) is 4.79 Å². The second-order valence-electron chi connectivity index (χ2n) is 2.93. The lowest BCUT2D eigenvalue weighted by Crippen LogP contribution is -2.37. The fraction of sp³-hybridized carbons (Fsp3) is 0.875. The second-order valence-corrected chi connectivity index (χ2v) is 2.93. The highest BCUT2D eigenvalue weighted by atomic mass is 16.3. The average Bonchev–Trinajstić information content (AvgIpc) is 2.11. The summed E-state index contributed by atoms with van der Waals surface area (Å²) in [5.41, 5.74) is 5.27. The molecule has 0 rings (SSSR count). The standard InChI is InChI=1S/C8H18N2O2/c1-7(6-11)10(2)8(12)4-3-5-9/h7,11H,3-6,9H2,1-2H3. The summed E-state index contributed by atoms with van der Waals surface area (Å²) in [4.78, 5) is 12.8. The third-order valence-electron chi connectivity index (χ3n) is 1.91. The Morgan fingerprint density at radius 3 is 2.67 bits per heavy atom. The van der Waals surface area contributed by atoms with Gasteiger partial charge in [-0.2, -0.15) is 0 Å². The number of rotatable bonds is 5. The molecular formula is C8H18N2O2. The van der Waals surface area contributed by atoms with Crippen LogP contribution in [-0.2, 0) is 4.79 Å². The van der Waals surface area contributed by atoms with Gasteiger partial charge < -0.3 is 15.7 Å². The van der Waals surface area contributed by atoms with E-state index >= 15 is 0 Å². The molecule has 0 saturated carbocycles. The van der Waals surface area contributed by atoms with E-state index in [1.807, 2.05) is 0 Å². The van der Waals surface area contributed by atoms with Crippen LogP contribution in [0.2, 0.25) is 0 Å². The Morgan fingerprint density at radius 1 is 1.67 bits per heavy atom. The Labute approximate surface area is 73.3 Å². The Morgan fingerprint density at radius 2 is 2.25 bits per heavy atom. The lowest BCUT2D eigenvalue weighted by atomic mass is 10.2. The normalized spacial score (nSPS) is 12.7. The number of carbonyl (C=O) groups is 1. The molecule has 0 radical (unpaired) electrons. The fourth-order valence-electron chi connectivity index (χ4n) is 0.798. The van der Waals surface area contributed by atoms with Gasteiger partial charge in [0.25, 0.3) is 0 Å². The summed E-state index contributed by atoms with van der Waals surface area (Å²) in [5, 5.41) is 8.76. The van der Waals surface area contributed by atoms with E-state index in [4.69, 9.17) is 10.8 Å². The van der Waals surface area contributed by atoms with Crippen LogP contribution >= 0.6 is 0 Å². The van der Waals surface area contributed by atoms with Crippen LogP contribution in [0.4, 0.5) is 0 Å². The Bertz CT molecular complexity index is 139. The number of aliphatic hydroxyl groups is 1. The van der Waals surface area contributed by atoms with Crippen LogP contribution in [0.1, 0.15) is 19.8 Å². The van der Waals surface area contributed by atoms with E-state index in [-0.39, 0.29) is 18.6 Å². The van der Waals surface area contributed by atoms with E-state index in [0.29, 0.717) is 19.4 Å². The summed E-state index contributed by atoms with van der Waals surface area (Å²) in [6.07, 6.45) is 1.18. The van der Waals surface area contributed by atoms with Crippen molar-refractivity contribution in [3.05, 3.63) is 0 Å². The summed E-state index contributed by atoms with van der Waals surface area (Å²) in [6, 6.07) is -0.102. The van der Waals surface area contributed by atoms with Crippen molar-refractivity contribution in [3.8, 4) is 0 Å². The Balaban J connectivity index is 3.75. The maximum absolute atomic E-state index is 11.3. The maximum Gasteiger partial charge on any atom is 0.222 e. The van der Waals surface area contributed by atoms with Crippen molar-refractivity contribution in [2.45, 2.75) is 25.8 Å². The predicted octanol–water partition coefficient (Wildman–Crippen LogP) is -0.435. The molecule has 1 amide bonds. The number of carbonyl (C=O) groups excluding carboxylic acids is 1. The molecule has 0 aromatic heterocycles. The van der Waals surface area contributed by atoms with E-state index in [1.165, 1.54) is 0 Å². The van der Waals surface area contributed by atoms with E-state index < -0.39 is 0 Å². The molecule has 0 aromatic rings. The molecule has 1 atom stereocenters. The molecule has 0 fully saturated rings. The van der Waals surface area contributed by atoms with Gasteiger partial charge in [0, 0.05) is 13.5 Å². The first kappa shape index (κ1) is 11.4. The molecule has 0 heterocycles. The third-order valence-corrected chi connectivity index (χ3v) is 1.91. The molecule has 4 heteroatoms. The van der Waals surface area contributed by atoms with Crippen molar-refractivity contribution < 1.29 is 9.90 Å². The number of nitrogens with two attached hydrogens (primary N) is 1. The van der Waals surface area contributed by atoms with Crippen molar-refractivity contribution in [3.63, 3.8) is 0 Å². The smallest absolute Gasteiger partial charge is 0.222 e. The van der Waals surface area contributed by atoms with Crippen LogP contribution in [0.3, 0.4) is 0 Å². The molecule has 3 N–H and O–H groups in total. The topological polar surface area (TPSA) is 66.6 Å². The molecule has 72 valence electrons. The zero-order valence-electron chi connectivity index (χ0n) is 7.79. The number of amides is 1. The molecule has 0 aliphatic heterocycles. The van der Waals surface area contributed by atoms with Gasteiger partial charge in [-0.25, -0.2) is 0 Å². The number of nitrogens with zero attached hydrogens (tertiary/aromatic N) is 1. The molecule has 0 spiro atoms. The van der Waals surface area contributed by atoms with Crippen molar-refractivity contribution >= 4 is 5.91 Å². The number of hydrogen-bond donors (Lipinski definition) is 2. The summed E-state index contributed by atoms with van der Waals surface area (Å²) in [5.74, 6) is 0.0435. The number of likely N-dealkylation sites (N-methyl/N-ethyl adjacent to an activating group) is 1.